The number of hydrogen-bond acceptors (Lipinski definition) is 5. The predicted molar refractivity (Wildman–Crippen MR) is 92.1 cm³/mol. The van der Waals surface area contributed by atoms with Crippen molar-refractivity contribution in [1.82, 2.24) is 15.5 Å². The SMILES string of the molecule is COc1cc(C(CNC(=O)NC2CC2)N(C)C)cc(OC)c1OC. The molecule has 7 heteroatoms. The highest BCUT2D eigenvalue weighted by Crippen LogP contribution is 2.40. The van der Waals surface area contributed by atoms with Crippen molar-refractivity contribution in [3.05, 3.63) is 17.7 Å². The van der Waals surface area contributed by atoms with Crippen LogP contribution in [0.2, 0.25) is 0 Å². The van der Waals surface area contributed by atoms with Crippen LogP contribution < -0.4 is 24.8 Å². The molecule has 0 saturated heterocycles. The summed E-state index contributed by atoms with van der Waals surface area (Å²) in [5, 5.41) is 5.86. The number of rotatable bonds is 8. The number of hydrogen-bond donors (Lipinski definition) is 2. The largest absolute Gasteiger partial charge is 0.493 e. The quantitative estimate of drug-likeness (QED) is 0.756. The average Bonchev–Trinajstić information content (AvgIpc) is 3.37. The minimum absolute atomic E-state index is 0.0244. The molecule has 0 bridgehead atoms. The van der Waals surface area contributed by atoms with Gasteiger partial charge in [0.15, 0.2) is 11.5 Å². The molecule has 0 aromatic heterocycles. The van der Waals surface area contributed by atoms with Gasteiger partial charge in [0.05, 0.1) is 27.4 Å². The topological polar surface area (TPSA) is 72.1 Å². The number of ether oxygens (including phenoxy) is 3. The molecule has 24 heavy (non-hydrogen) atoms. The van der Waals surface area contributed by atoms with Crippen LogP contribution in [0, 0.1) is 0 Å². The molecular formula is C17H27N3O4. The first-order valence-electron chi connectivity index (χ1n) is 8.00. The maximum Gasteiger partial charge on any atom is 0.315 e. The molecule has 1 saturated carbocycles. The van der Waals surface area contributed by atoms with Gasteiger partial charge in [0.25, 0.3) is 0 Å². The molecule has 7 nitrogen and oxygen atoms in total. The summed E-state index contributed by atoms with van der Waals surface area (Å²) in [4.78, 5) is 13.9. The minimum atomic E-state index is -0.128. The van der Waals surface area contributed by atoms with Crippen LogP contribution in [-0.2, 0) is 0 Å². The molecule has 1 aromatic rings. The van der Waals surface area contributed by atoms with Crippen molar-refractivity contribution in [1.29, 1.82) is 0 Å². The van der Waals surface area contributed by atoms with Gasteiger partial charge in [-0.05, 0) is 44.6 Å². The highest BCUT2D eigenvalue weighted by molar-refractivity contribution is 5.74. The van der Waals surface area contributed by atoms with Crippen LogP contribution in [0.4, 0.5) is 4.79 Å². The van der Waals surface area contributed by atoms with Crippen LogP contribution in [0.1, 0.15) is 24.4 Å². The fourth-order valence-electron chi connectivity index (χ4n) is 2.55. The lowest BCUT2D eigenvalue weighted by molar-refractivity contribution is 0.232. The van der Waals surface area contributed by atoms with E-state index in [1.807, 2.05) is 31.1 Å². The van der Waals surface area contributed by atoms with Gasteiger partial charge in [-0.25, -0.2) is 4.79 Å². The summed E-state index contributed by atoms with van der Waals surface area (Å²) >= 11 is 0. The standard InChI is InChI=1S/C17H27N3O4/c1-20(2)13(10-18-17(21)19-12-6-7-12)11-8-14(22-3)16(24-5)15(9-11)23-4/h8-9,12-13H,6-7,10H2,1-5H3,(H2,18,19,21). The molecule has 1 fully saturated rings. The first-order valence-corrected chi connectivity index (χ1v) is 8.00. The zero-order chi connectivity index (χ0) is 17.7. The van der Waals surface area contributed by atoms with Crippen molar-refractivity contribution in [3.63, 3.8) is 0 Å². The highest BCUT2D eigenvalue weighted by Gasteiger charge is 2.24. The number of carbonyl (C=O) groups is 1. The first kappa shape index (κ1) is 18.2. The van der Waals surface area contributed by atoms with Crippen LogP contribution >= 0.6 is 0 Å². The van der Waals surface area contributed by atoms with E-state index in [0.717, 1.165) is 18.4 Å². The second-order valence-electron chi connectivity index (χ2n) is 6.07. The molecule has 1 aliphatic carbocycles. The Morgan fingerprint density at radius 2 is 1.75 bits per heavy atom. The first-order chi connectivity index (χ1) is 11.5. The third-order valence-electron chi connectivity index (χ3n) is 4.06. The van der Waals surface area contributed by atoms with Crippen LogP contribution in [0.5, 0.6) is 17.2 Å². The summed E-state index contributed by atoms with van der Waals surface area (Å²) in [7, 11) is 8.69. The van der Waals surface area contributed by atoms with Crippen LogP contribution in [0.25, 0.3) is 0 Å². The lowest BCUT2D eigenvalue weighted by atomic mass is 10.0. The number of methoxy groups -OCH3 is 3. The van der Waals surface area contributed by atoms with Gasteiger partial charge in [0.1, 0.15) is 0 Å². The summed E-state index contributed by atoms with van der Waals surface area (Å²) in [6.45, 7) is 0.476. The lowest BCUT2D eigenvalue weighted by Crippen LogP contribution is -2.41. The molecule has 134 valence electrons. The van der Waals surface area contributed by atoms with E-state index in [9.17, 15) is 4.79 Å². The fraction of sp³-hybridized carbons (Fsp3) is 0.588. The van der Waals surface area contributed by atoms with E-state index < -0.39 is 0 Å². The Bertz CT molecular complexity index is 548. The van der Waals surface area contributed by atoms with E-state index >= 15 is 0 Å². The highest BCUT2D eigenvalue weighted by atomic mass is 16.5. The molecule has 1 aliphatic rings. The van der Waals surface area contributed by atoms with Crippen molar-refractivity contribution in [2.45, 2.75) is 24.9 Å². The Morgan fingerprint density at radius 3 is 2.17 bits per heavy atom. The van der Waals surface area contributed by atoms with E-state index in [-0.39, 0.29) is 12.1 Å². The van der Waals surface area contributed by atoms with Gasteiger partial charge in [-0.2, -0.15) is 0 Å². The van der Waals surface area contributed by atoms with Gasteiger partial charge < -0.3 is 29.7 Å². The van der Waals surface area contributed by atoms with E-state index in [1.165, 1.54) is 0 Å². The van der Waals surface area contributed by atoms with Crippen LogP contribution in [0.3, 0.4) is 0 Å². The van der Waals surface area contributed by atoms with E-state index in [4.69, 9.17) is 14.2 Å². The Hall–Kier alpha value is -2.15. The van der Waals surface area contributed by atoms with Gasteiger partial charge in [-0.15, -0.1) is 0 Å². The zero-order valence-electron chi connectivity index (χ0n) is 15.0. The molecule has 2 rings (SSSR count). The normalized spacial score (nSPS) is 14.9. The summed E-state index contributed by atoms with van der Waals surface area (Å²) in [5.74, 6) is 1.75. The Labute approximate surface area is 143 Å². The van der Waals surface area contributed by atoms with E-state index in [0.29, 0.717) is 29.8 Å². The molecule has 0 aliphatic heterocycles. The number of amides is 2. The van der Waals surface area contributed by atoms with E-state index in [1.54, 1.807) is 21.3 Å². The molecule has 2 amide bonds. The second-order valence-corrected chi connectivity index (χ2v) is 6.07. The summed E-state index contributed by atoms with van der Waals surface area (Å²) in [6, 6.07) is 4.00. The summed E-state index contributed by atoms with van der Waals surface area (Å²) in [5.41, 5.74) is 0.973. The Morgan fingerprint density at radius 1 is 1.17 bits per heavy atom. The second kappa shape index (κ2) is 8.10. The predicted octanol–water partition coefficient (Wildman–Crippen LogP) is 1.78. The average molecular weight is 337 g/mol. The van der Waals surface area contributed by atoms with Crippen molar-refractivity contribution in [2.75, 3.05) is 42.0 Å². The van der Waals surface area contributed by atoms with Gasteiger partial charge in [0, 0.05) is 12.6 Å². The molecule has 0 radical (unpaired) electrons. The molecule has 1 atom stereocenters. The number of likely N-dealkylation sites (N-methyl/N-ethyl adjacent to an activating group) is 1. The van der Waals surface area contributed by atoms with Crippen molar-refractivity contribution >= 4 is 6.03 Å². The maximum atomic E-state index is 11.9. The lowest BCUT2D eigenvalue weighted by Gasteiger charge is -2.26. The Balaban J connectivity index is 2.17. The van der Waals surface area contributed by atoms with Crippen molar-refractivity contribution < 1.29 is 19.0 Å². The third kappa shape index (κ3) is 4.44. The minimum Gasteiger partial charge on any atom is -0.493 e. The summed E-state index contributed by atoms with van der Waals surface area (Å²) < 4.78 is 16.2. The molecular weight excluding hydrogens is 310 g/mol. The smallest absolute Gasteiger partial charge is 0.315 e. The molecule has 0 spiro atoms. The number of urea groups is 1. The molecule has 1 aromatic carbocycles. The van der Waals surface area contributed by atoms with Gasteiger partial charge in [-0.3, -0.25) is 0 Å². The number of nitrogens with one attached hydrogen (secondary N) is 2. The van der Waals surface area contributed by atoms with Gasteiger partial charge in [-0.1, -0.05) is 0 Å². The molecule has 0 heterocycles. The molecule has 2 N–H and O–H groups in total. The van der Waals surface area contributed by atoms with Gasteiger partial charge >= 0.3 is 6.03 Å². The van der Waals surface area contributed by atoms with E-state index in [2.05, 4.69) is 10.6 Å². The number of nitrogens with zero attached hydrogens (tertiary/aromatic N) is 1. The van der Waals surface area contributed by atoms with Crippen LogP contribution in [0.15, 0.2) is 12.1 Å². The number of benzene rings is 1. The maximum absolute atomic E-state index is 11.9. The van der Waals surface area contributed by atoms with Crippen molar-refractivity contribution in [2.24, 2.45) is 0 Å². The summed E-state index contributed by atoms with van der Waals surface area (Å²) in [6.07, 6.45) is 2.13. The number of carbonyl (C=O) groups excluding carboxylic acids is 1. The van der Waals surface area contributed by atoms with Crippen LogP contribution in [-0.4, -0.2) is 58.9 Å². The fourth-order valence-corrected chi connectivity index (χ4v) is 2.55. The Kier molecular flexibility index (Phi) is 6.14. The monoisotopic (exact) mass is 337 g/mol. The zero-order valence-corrected chi connectivity index (χ0v) is 15.0. The van der Waals surface area contributed by atoms with Gasteiger partial charge in [0.2, 0.25) is 5.75 Å². The molecule has 1 unspecified atom stereocenters. The van der Waals surface area contributed by atoms with Crippen molar-refractivity contribution in [3.8, 4) is 17.2 Å². The third-order valence-corrected chi connectivity index (χ3v) is 4.06.